The molecule has 0 saturated carbocycles. The average molecular weight is 675 g/mol. The second kappa shape index (κ2) is 11.9. The molecule has 1 aromatic heterocycles. The van der Waals surface area contributed by atoms with E-state index in [1.54, 1.807) is 0 Å². The van der Waals surface area contributed by atoms with E-state index in [1.807, 2.05) is 0 Å². The first-order valence-corrected chi connectivity index (χ1v) is 18.2. The Labute approximate surface area is 308 Å². The van der Waals surface area contributed by atoms with Gasteiger partial charge in [-0.25, -0.2) is 0 Å². The minimum absolute atomic E-state index is 0.00142. The van der Waals surface area contributed by atoms with Crippen molar-refractivity contribution in [1.82, 2.24) is 4.57 Å². The molecule has 0 aliphatic carbocycles. The van der Waals surface area contributed by atoms with E-state index in [0.717, 1.165) is 28.7 Å². The van der Waals surface area contributed by atoms with Crippen LogP contribution >= 0.6 is 0 Å². The van der Waals surface area contributed by atoms with E-state index in [0.29, 0.717) is 0 Å². The molecule has 0 unspecified atom stereocenters. The Balaban J connectivity index is 1.21. The Hall–Kier alpha value is -6.71. The molecule has 0 saturated heterocycles. The minimum Gasteiger partial charge on any atom is -0.458 e. The molecule has 3 nitrogen and oxygen atoms in total. The van der Waals surface area contributed by atoms with Crippen molar-refractivity contribution >= 4 is 68.0 Å². The lowest BCUT2D eigenvalue weighted by Gasteiger charge is -2.29. The molecule has 0 bridgehead atoms. The molecule has 0 N–H and O–H groups in total. The zero-order chi connectivity index (χ0) is 34.9. The molecular formula is C48H31B2NO2. The van der Waals surface area contributed by atoms with E-state index < -0.39 is 0 Å². The van der Waals surface area contributed by atoms with Crippen LogP contribution in [-0.2, 0) is 0 Å². The topological polar surface area (TPSA) is 23.4 Å². The van der Waals surface area contributed by atoms with Crippen molar-refractivity contribution in [2.24, 2.45) is 0 Å². The Morgan fingerprint density at radius 3 is 1.28 bits per heavy atom. The van der Waals surface area contributed by atoms with Gasteiger partial charge in [-0.05, 0) is 69.9 Å². The number of fused-ring (bicyclic) bond motifs is 7. The number of rotatable bonds is 4. The van der Waals surface area contributed by atoms with Crippen LogP contribution in [0.15, 0.2) is 188 Å². The first-order chi connectivity index (χ1) is 26.3. The summed E-state index contributed by atoms with van der Waals surface area (Å²) >= 11 is 0. The molecule has 2 aliphatic rings. The van der Waals surface area contributed by atoms with Gasteiger partial charge in [-0.15, -0.1) is 0 Å². The molecule has 2 aliphatic heterocycles. The Morgan fingerprint density at radius 2 is 0.755 bits per heavy atom. The number of ether oxygens (including phenoxy) is 2. The summed E-state index contributed by atoms with van der Waals surface area (Å²) in [6.07, 6.45) is 0. The molecule has 11 rings (SSSR count). The highest BCUT2D eigenvalue weighted by molar-refractivity contribution is 6.98. The summed E-state index contributed by atoms with van der Waals surface area (Å²) in [4.78, 5) is 0. The van der Waals surface area contributed by atoms with Crippen molar-refractivity contribution in [3.8, 4) is 39.8 Å². The van der Waals surface area contributed by atoms with Gasteiger partial charge < -0.3 is 14.0 Å². The van der Waals surface area contributed by atoms with E-state index in [1.165, 1.54) is 65.7 Å². The predicted octanol–water partition coefficient (Wildman–Crippen LogP) is 7.69. The quantitative estimate of drug-likeness (QED) is 0.179. The molecule has 0 fully saturated rings. The second-order valence-electron chi connectivity index (χ2n) is 14.0. The molecular weight excluding hydrogens is 644 g/mol. The molecule has 0 radical (unpaired) electrons. The molecule has 53 heavy (non-hydrogen) atoms. The van der Waals surface area contributed by atoms with Crippen LogP contribution in [0, 0.1) is 0 Å². The van der Waals surface area contributed by atoms with Gasteiger partial charge in [0.25, 0.3) is 13.4 Å². The normalized spacial score (nSPS) is 12.8. The van der Waals surface area contributed by atoms with Gasteiger partial charge in [-0.1, -0.05) is 157 Å². The highest BCUT2D eigenvalue weighted by Crippen LogP contribution is 2.36. The van der Waals surface area contributed by atoms with Crippen LogP contribution in [0.4, 0.5) is 0 Å². The van der Waals surface area contributed by atoms with Gasteiger partial charge in [-0.2, -0.15) is 0 Å². The molecule has 0 atom stereocenters. The number of hydrogen-bond acceptors (Lipinski definition) is 2. The van der Waals surface area contributed by atoms with Crippen LogP contribution in [0.2, 0.25) is 0 Å². The molecule has 8 aromatic carbocycles. The van der Waals surface area contributed by atoms with Gasteiger partial charge in [0, 0.05) is 16.3 Å². The Morgan fingerprint density at radius 1 is 0.340 bits per heavy atom. The highest BCUT2D eigenvalue weighted by Gasteiger charge is 2.35. The number of hydrogen-bond donors (Lipinski definition) is 0. The number of para-hydroxylation sites is 6. The van der Waals surface area contributed by atoms with E-state index in [2.05, 4.69) is 193 Å². The molecule has 0 spiro atoms. The van der Waals surface area contributed by atoms with Gasteiger partial charge in [0.15, 0.2) is 0 Å². The maximum Gasteiger partial charge on any atom is 0.251 e. The summed E-state index contributed by atoms with van der Waals surface area (Å²) in [6.45, 7) is -0.00574. The average Bonchev–Trinajstić information content (AvgIpc) is 3.56. The number of benzene rings is 8. The third-order valence-electron chi connectivity index (χ3n) is 11.1. The summed E-state index contributed by atoms with van der Waals surface area (Å²) in [5.41, 5.74) is 13.0. The summed E-state index contributed by atoms with van der Waals surface area (Å²) in [5.74, 6) is 3.61. The zero-order valence-electron chi connectivity index (χ0n) is 28.8. The number of aromatic nitrogens is 1. The third kappa shape index (κ3) is 4.64. The number of nitrogens with zero attached hydrogens (tertiary/aromatic N) is 1. The fourth-order valence-corrected chi connectivity index (χ4v) is 8.83. The van der Waals surface area contributed by atoms with Crippen LogP contribution in [-0.4, -0.2) is 18.0 Å². The van der Waals surface area contributed by atoms with Crippen molar-refractivity contribution in [2.75, 3.05) is 0 Å². The van der Waals surface area contributed by atoms with E-state index in [4.69, 9.17) is 9.47 Å². The minimum atomic E-state index is -0.00715. The van der Waals surface area contributed by atoms with Crippen molar-refractivity contribution in [3.05, 3.63) is 188 Å². The smallest absolute Gasteiger partial charge is 0.251 e. The van der Waals surface area contributed by atoms with Gasteiger partial charge in [0.05, 0.1) is 16.7 Å². The van der Waals surface area contributed by atoms with Crippen LogP contribution < -0.4 is 42.3 Å². The lowest BCUT2D eigenvalue weighted by Crippen LogP contribution is -2.55. The predicted molar refractivity (Wildman–Crippen MR) is 221 cm³/mol. The van der Waals surface area contributed by atoms with Crippen LogP contribution in [0.1, 0.15) is 0 Å². The second-order valence-corrected chi connectivity index (χ2v) is 14.0. The first-order valence-electron chi connectivity index (χ1n) is 18.2. The highest BCUT2D eigenvalue weighted by atomic mass is 16.5. The summed E-state index contributed by atoms with van der Waals surface area (Å²) in [5, 5.41) is 2.48. The monoisotopic (exact) mass is 675 g/mol. The third-order valence-corrected chi connectivity index (χ3v) is 11.1. The summed E-state index contributed by atoms with van der Waals surface area (Å²) < 4.78 is 15.4. The summed E-state index contributed by atoms with van der Waals surface area (Å²) in [6, 6.07) is 67.5. The lowest BCUT2D eigenvalue weighted by molar-refractivity contribution is 0.487. The van der Waals surface area contributed by atoms with Crippen molar-refractivity contribution in [3.63, 3.8) is 0 Å². The first kappa shape index (κ1) is 30.0. The van der Waals surface area contributed by atoms with Crippen molar-refractivity contribution < 1.29 is 9.47 Å². The van der Waals surface area contributed by atoms with Crippen molar-refractivity contribution in [1.29, 1.82) is 0 Å². The van der Waals surface area contributed by atoms with E-state index in [9.17, 15) is 0 Å². The Bertz CT molecular complexity index is 2750. The van der Waals surface area contributed by atoms with E-state index in [-0.39, 0.29) is 13.4 Å². The molecule has 3 heterocycles. The fraction of sp³-hybridized carbons (Fsp3) is 0. The largest absolute Gasteiger partial charge is 0.458 e. The van der Waals surface area contributed by atoms with Gasteiger partial charge in [-0.3, -0.25) is 0 Å². The summed E-state index contributed by atoms with van der Waals surface area (Å²) in [7, 11) is 0. The molecule has 0 amide bonds. The van der Waals surface area contributed by atoms with Crippen molar-refractivity contribution in [2.45, 2.75) is 0 Å². The van der Waals surface area contributed by atoms with Crippen LogP contribution in [0.25, 0.3) is 38.6 Å². The lowest BCUT2D eigenvalue weighted by atomic mass is 9.35. The fourth-order valence-electron chi connectivity index (χ4n) is 8.83. The van der Waals surface area contributed by atoms with Gasteiger partial charge in [0.2, 0.25) is 0 Å². The standard InChI is InChI=1S/C48H31B2NO2/c1-4-18-37(50-40-21-7-13-27-47(40)53-48-28-14-8-22-41(48)50)33(15-1)36-30-29-32(49-38-19-5-11-25-45(38)52-46-26-12-6-20-39(46)49)31-44(36)51-42-23-9-2-16-34(42)35-17-3-10-24-43(35)51/h1-31H. The Kier molecular flexibility index (Phi) is 6.75. The van der Waals surface area contributed by atoms with E-state index >= 15 is 0 Å². The van der Waals surface area contributed by atoms with Crippen LogP contribution in [0.3, 0.4) is 0 Å². The maximum absolute atomic E-state index is 6.48. The van der Waals surface area contributed by atoms with Gasteiger partial charge in [0.1, 0.15) is 23.0 Å². The maximum atomic E-state index is 6.48. The van der Waals surface area contributed by atoms with Crippen LogP contribution in [0.5, 0.6) is 23.0 Å². The molecule has 9 aromatic rings. The molecule has 5 heteroatoms. The van der Waals surface area contributed by atoms with Gasteiger partial charge >= 0.3 is 0 Å². The SMILES string of the molecule is c1ccc2c(c1)Oc1ccccc1B2c1ccc(-c2ccccc2B2c3ccccc3Oc3ccccc32)c(-n2c3ccccc3c3ccccc32)c1. The molecule has 246 valence electrons. The zero-order valence-corrected chi connectivity index (χ0v) is 28.8.